The van der Waals surface area contributed by atoms with E-state index in [9.17, 15) is 103 Å². The molecule has 7 N–H and O–H groups in total. The molecule has 0 radical (unpaired) electrons. The summed E-state index contributed by atoms with van der Waals surface area (Å²) in [7, 11) is 0. The number of hydrogen-bond donors (Lipinski definition) is 4. The number of ketones is 1. The lowest BCUT2D eigenvalue weighted by molar-refractivity contribution is -0.148. The number of esters is 1. The van der Waals surface area contributed by atoms with Gasteiger partial charge in [0, 0.05) is 83.5 Å². The molecule has 18 nitrogen and oxygen atoms in total. The van der Waals surface area contributed by atoms with Gasteiger partial charge < -0.3 is 27.0 Å². The number of amides is 2. The fourth-order valence-electron chi connectivity index (χ4n) is 14.8. The van der Waals surface area contributed by atoms with Gasteiger partial charge in [0.25, 0.3) is 29.6 Å². The molecule has 9 aromatic rings. The average Bonchev–Trinajstić information content (AvgIpc) is 1.53. The molecule has 6 aliphatic rings. The summed E-state index contributed by atoms with van der Waals surface area (Å²) in [6.45, 7) is 1.40. The SMILES string of the molecule is CCOC(=O)Cn1nc(C(F)(F)F)c2c1C1CC1C2(F)F.Cc1nn(CC(=O)C[C@@H](Cc2cc(F)cc(F)c2)c2ncccc2-c2ccc(F)c(C(N)=O)c2)c2c1C(F)(F)C1CC21.NC(=O)c1cc(-c2cccnc2[C@@H](N)Cc2cc(F)cc(F)c2)ccc1F.O=C(O)Cn1nc(C(F)(F)F)c2c1C1CC1C2(F)F. The lowest BCUT2D eigenvalue weighted by Crippen LogP contribution is -2.19. The first kappa shape index (κ1) is 77.7. The summed E-state index contributed by atoms with van der Waals surface area (Å²) in [5, 5.41) is 19.1. The molecule has 5 aromatic heterocycles. The van der Waals surface area contributed by atoms with E-state index in [0.29, 0.717) is 56.0 Å². The van der Waals surface area contributed by atoms with Crippen LogP contribution in [0.3, 0.4) is 0 Å². The van der Waals surface area contributed by atoms with E-state index in [1.807, 2.05) is 0 Å². The van der Waals surface area contributed by atoms with Gasteiger partial charge in [0.1, 0.15) is 48.0 Å². The summed E-state index contributed by atoms with van der Waals surface area (Å²) < 4.78 is 252. The number of ether oxygens (including phenoxy) is 1. The molecule has 15 rings (SSSR count). The lowest BCUT2D eigenvalue weighted by atomic mass is 9.86. The van der Waals surface area contributed by atoms with Crippen molar-refractivity contribution in [1.82, 2.24) is 39.3 Å². The summed E-state index contributed by atoms with van der Waals surface area (Å²) in [5.41, 5.74) is 14.2. The number of nitrogens with zero attached hydrogens (tertiary/aromatic N) is 8. The summed E-state index contributed by atoms with van der Waals surface area (Å²) in [4.78, 5) is 67.4. The quantitative estimate of drug-likeness (QED) is 0.0434. The van der Waals surface area contributed by atoms with Crippen LogP contribution in [0, 0.1) is 59.6 Å². The third-order valence-corrected chi connectivity index (χ3v) is 19.5. The van der Waals surface area contributed by atoms with E-state index in [1.165, 1.54) is 67.3 Å². The Hall–Kier alpha value is -10.9. The van der Waals surface area contributed by atoms with Gasteiger partial charge in [-0.25, -0.2) is 52.7 Å². The number of hydrogen-bond acceptors (Lipinski definition) is 12. The number of aromatic nitrogens is 8. The fraction of sp³-hybridized carbons (Fsp3) is 0.342. The zero-order valence-electron chi connectivity index (χ0n) is 56.6. The summed E-state index contributed by atoms with van der Waals surface area (Å²) in [6.07, 6.45) is -6.47. The third kappa shape index (κ3) is 15.5. The number of primary amides is 2. The summed E-state index contributed by atoms with van der Waals surface area (Å²) in [6, 6.07) is 20.0. The Balaban J connectivity index is 0.000000143. The Morgan fingerprint density at radius 2 is 0.954 bits per heavy atom. The van der Waals surface area contributed by atoms with Crippen LogP contribution >= 0.6 is 0 Å². The number of fused-ring (bicyclic) bond motifs is 9. The van der Waals surface area contributed by atoms with Crippen LogP contribution in [-0.4, -0.2) is 80.6 Å². The number of carboxylic acid groups (broad SMARTS) is 1. The topological polar surface area (TPSA) is 272 Å². The Kier molecular flexibility index (Phi) is 20.6. The normalized spacial score (nSPS) is 19.8. The molecule has 4 aromatic carbocycles. The number of benzene rings is 4. The summed E-state index contributed by atoms with van der Waals surface area (Å²) >= 11 is 0. The van der Waals surface area contributed by atoms with Crippen LogP contribution in [0.25, 0.3) is 22.3 Å². The van der Waals surface area contributed by atoms with Crippen LogP contribution in [0.1, 0.15) is 156 Å². The zero-order valence-corrected chi connectivity index (χ0v) is 56.6. The predicted molar refractivity (Wildman–Crippen MR) is 346 cm³/mol. The first-order chi connectivity index (χ1) is 51.1. The number of aryl methyl sites for hydroxylation is 1. The van der Waals surface area contributed by atoms with Crippen molar-refractivity contribution >= 4 is 29.5 Å². The molecule has 0 aliphatic heterocycles. The number of carboxylic acids is 1. The van der Waals surface area contributed by atoms with E-state index >= 15 is 0 Å². The molecule has 0 bridgehead atoms. The molecule has 0 saturated heterocycles. The fourth-order valence-corrected chi connectivity index (χ4v) is 14.8. The van der Waals surface area contributed by atoms with Gasteiger partial charge in [-0.2, -0.15) is 41.6 Å². The highest BCUT2D eigenvalue weighted by molar-refractivity contribution is 5.95. The molecule has 3 saturated carbocycles. The minimum atomic E-state index is -5.02. The van der Waals surface area contributed by atoms with Crippen LogP contribution in [0.2, 0.25) is 0 Å². The maximum absolute atomic E-state index is 14.8. The van der Waals surface area contributed by atoms with Crippen LogP contribution in [0.5, 0.6) is 0 Å². The lowest BCUT2D eigenvalue weighted by Gasteiger charge is -2.20. The number of carbonyl (C=O) groups excluding carboxylic acids is 4. The molecule has 6 unspecified atom stereocenters. The number of pyridine rings is 2. The number of carbonyl (C=O) groups is 5. The highest BCUT2D eigenvalue weighted by atomic mass is 19.4. The van der Waals surface area contributed by atoms with Crippen LogP contribution < -0.4 is 17.2 Å². The molecule has 109 heavy (non-hydrogen) atoms. The molecule has 2 amide bonds. The molecule has 0 spiro atoms. The van der Waals surface area contributed by atoms with E-state index in [4.69, 9.17) is 22.3 Å². The van der Waals surface area contributed by atoms with Gasteiger partial charge in [-0.15, -0.1) is 0 Å². The maximum atomic E-state index is 14.8. The average molecular weight is 1540 g/mol. The number of alkyl halides is 12. The van der Waals surface area contributed by atoms with Gasteiger partial charge in [-0.3, -0.25) is 48.0 Å². The van der Waals surface area contributed by atoms with Gasteiger partial charge in [-0.1, -0.05) is 24.3 Å². The summed E-state index contributed by atoms with van der Waals surface area (Å²) in [5.74, 6) is -24.5. The van der Waals surface area contributed by atoms with Gasteiger partial charge in [0.15, 0.2) is 17.2 Å². The molecular formula is C73H59F18N11O7. The smallest absolute Gasteiger partial charge is 0.435 e. The van der Waals surface area contributed by atoms with E-state index in [0.717, 1.165) is 41.1 Å². The van der Waals surface area contributed by atoms with Crippen molar-refractivity contribution in [3.8, 4) is 22.3 Å². The second kappa shape index (κ2) is 28.9. The van der Waals surface area contributed by atoms with E-state index in [-0.39, 0.29) is 96.3 Å². The van der Waals surface area contributed by atoms with Crippen LogP contribution in [0.4, 0.5) is 79.0 Å². The molecule has 36 heteroatoms. The maximum Gasteiger partial charge on any atom is 0.435 e. The number of aliphatic carboxylic acids is 1. The minimum Gasteiger partial charge on any atom is -0.480 e. The second-order valence-corrected chi connectivity index (χ2v) is 26.9. The molecular weight excluding hydrogens is 1480 g/mol. The first-order valence-electron chi connectivity index (χ1n) is 33.3. The Labute approximate surface area is 604 Å². The highest BCUT2D eigenvalue weighted by Crippen LogP contribution is 2.70. The zero-order chi connectivity index (χ0) is 79.2. The first-order valence-corrected chi connectivity index (χ1v) is 33.3. The van der Waals surface area contributed by atoms with Crippen molar-refractivity contribution in [3.05, 3.63) is 229 Å². The van der Waals surface area contributed by atoms with Gasteiger partial charge >= 0.3 is 24.3 Å². The van der Waals surface area contributed by atoms with E-state index < -0.39 is 166 Å². The van der Waals surface area contributed by atoms with Crippen molar-refractivity contribution in [1.29, 1.82) is 0 Å². The molecule has 574 valence electrons. The largest absolute Gasteiger partial charge is 0.480 e. The monoisotopic (exact) mass is 1540 g/mol. The number of rotatable bonds is 19. The van der Waals surface area contributed by atoms with Gasteiger partial charge in [-0.05, 0) is 129 Å². The molecule has 3 fully saturated rings. The number of nitrogens with two attached hydrogens (primary N) is 3. The minimum absolute atomic E-state index is 0.00726. The standard InChI is InChI=1S/C31H25F5N4O2.C20H16F3N3O.C12H11F5N2O2.C10H7F5N2O2/c1-15-27-29(23-13-25(23)31(27,35)36)40(39-15)14-21(41)10-18(7-16-8-19(32)12-20(33)9-16)28-22(3-2-6-38-28)17-4-5-26(34)24(11-17)30(37)42;21-13-6-11(7-14(22)10-13)8-18(24)19-15(2-1-5-26-19)12-3-4-17(23)16(9-12)20(25)27;1-2-21-7(20)4-19-9-5-3-6(5)11(13,14)8(9)10(18-19)12(15,16)17;11-9(12)4-1-3(4)7-6(9)8(10(13,14)15)16-17(7)2-5(18)19/h2-6,8-9,11-12,18,23,25H,7,10,13-14H2,1H3,(H2,37,42);1-7,9-10,18H,8,24H2,(H2,25,27);5-6H,2-4H2,1H3;3-4H,1-2H2,(H,18,19)/t18-,23?,25?;18-;;/m10../s1. The van der Waals surface area contributed by atoms with Crippen molar-refractivity contribution < 1.29 is 113 Å². The molecule has 5 heterocycles. The van der Waals surface area contributed by atoms with Gasteiger partial charge in [0.2, 0.25) is 0 Å². The Morgan fingerprint density at radius 3 is 1.39 bits per heavy atom. The Bertz CT molecular complexity index is 5090. The third-order valence-electron chi connectivity index (χ3n) is 19.5. The number of halogens is 18. The van der Waals surface area contributed by atoms with E-state index in [2.05, 4.69) is 30.0 Å². The molecule has 6 aliphatic carbocycles. The van der Waals surface area contributed by atoms with Gasteiger partial charge in [0.05, 0.1) is 81.2 Å². The second-order valence-electron chi connectivity index (χ2n) is 26.9. The predicted octanol–water partition coefficient (Wildman–Crippen LogP) is 14.3. The highest BCUT2D eigenvalue weighted by Gasteiger charge is 2.70. The van der Waals surface area contributed by atoms with E-state index in [1.54, 1.807) is 24.3 Å². The molecule has 8 atom stereocenters. The number of Topliss-reactive ketones (excluding diaryl/α,β-unsaturated/α-hetero) is 1. The van der Waals surface area contributed by atoms with Crippen LogP contribution in [0.15, 0.2) is 109 Å². The van der Waals surface area contributed by atoms with Crippen molar-refractivity contribution in [2.75, 3.05) is 6.61 Å². The van der Waals surface area contributed by atoms with Crippen molar-refractivity contribution in [2.45, 2.75) is 132 Å². The van der Waals surface area contributed by atoms with Crippen molar-refractivity contribution in [3.63, 3.8) is 0 Å². The Morgan fingerprint density at radius 1 is 0.550 bits per heavy atom. The van der Waals surface area contributed by atoms with Crippen molar-refractivity contribution in [2.24, 2.45) is 35.0 Å². The van der Waals surface area contributed by atoms with Crippen LogP contribution in [-0.2, 0) is 81.7 Å².